The van der Waals surface area contributed by atoms with Crippen LogP contribution in [0.2, 0.25) is 0 Å². The smallest absolute Gasteiger partial charge is 0.227 e. The molecule has 1 heterocycles. The second kappa shape index (κ2) is 5.74. The molecule has 1 saturated carbocycles. The summed E-state index contributed by atoms with van der Waals surface area (Å²) in [6.07, 6.45) is 6.55. The lowest BCUT2D eigenvalue weighted by Gasteiger charge is -2.24. The molecule has 0 bridgehead atoms. The number of nitrogens with one attached hydrogen (secondary N) is 1. The Morgan fingerprint density at radius 3 is 2.30 bits per heavy atom. The molecule has 1 aromatic heterocycles. The predicted octanol–water partition coefficient (Wildman–Crippen LogP) is 3.61. The Morgan fingerprint density at radius 1 is 1.05 bits per heavy atom. The van der Waals surface area contributed by atoms with Crippen molar-refractivity contribution < 1.29 is 9.53 Å². The highest BCUT2D eigenvalue weighted by Gasteiger charge is 2.24. The zero-order valence-electron chi connectivity index (χ0n) is 11.1. The second-order valence-corrected chi connectivity index (χ2v) is 4.93. The van der Waals surface area contributed by atoms with Crippen LogP contribution in [-0.4, -0.2) is 10.9 Å². The number of nitrogens with zero attached hydrogens (tertiary/aromatic N) is 1. The molecule has 1 fully saturated rings. The van der Waals surface area contributed by atoms with Crippen LogP contribution in [-0.2, 0) is 4.79 Å². The summed E-state index contributed by atoms with van der Waals surface area (Å²) >= 11 is 0. The molecular weight excluding hydrogens is 252 g/mol. The third-order valence-corrected chi connectivity index (χ3v) is 3.48. The summed E-state index contributed by atoms with van der Waals surface area (Å²) in [5.41, 5.74) is 0.809. The molecule has 0 aliphatic heterocycles. The first-order chi connectivity index (χ1) is 9.81. The van der Waals surface area contributed by atoms with Gasteiger partial charge in [0.15, 0.2) is 0 Å². The molecule has 1 aliphatic carbocycles. The van der Waals surface area contributed by atoms with Crippen molar-refractivity contribution in [2.24, 2.45) is 5.92 Å². The fraction of sp³-hybridized carbons (Fsp3) is 0.250. The molecule has 1 N–H and O–H groups in total. The van der Waals surface area contributed by atoms with Gasteiger partial charge in [0, 0.05) is 24.0 Å². The van der Waals surface area contributed by atoms with E-state index in [0.29, 0.717) is 0 Å². The van der Waals surface area contributed by atoms with Gasteiger partial charge in [-0.3, -0.25) is 9.78 Å². The minimum Gasteiger partial charge on any atom is -0.457 e. The molecule has 4 heteroatoms. The molecule has 2 aromatic rings. The number of anilines is 1. The highest BCUT2D eigenvalue weighted by Crippen LogP contribution is 2.28. The molecule has 102 valence electrons. The standard InChI is InChI=1S/C16H16N2O2/c19-16(12-2-1-3-12)18-13-4-6-14(7-5-13)20-15-8-10-17-11-9-15/h4-12H,1-3H2,(H,18,19). The molecule has 20 heavy (non-hydrogen) atoms. The molecule has 1 amide bonds. The number of amides is 1. The van der Waals surface area contributed by atoms with Gasteiger partial charge in [-0.05, 0) is 49.2 Å². The van der Waals surface area contributed by atoms with Crippen LogP contribution in [0.1, 0.15) is 19.3 Å². The molecule has 0 unspecified atom stereocenters. The van der Waals surface area contributed by atoms with Gasteiger partial charge in [-0.1, -0.05) is 6.42 Å². The fourth-order valence-electron chi connectivity index (χ4n) is 2.06. The minimum atomic E-state index is 0.124. The zero-order valence-corrected chi connectivity index (χ0v) is 11.1. The molecule has 0 saturated heterocycles. The van der Waals surface area contributed by atoms with E-state index >= 15 is 0 Å². The number of hydrogen-bond acceptors (Lipinski definition) is 3. The maximum atomic E-state index is 11.8. The van der Waals surface area contributed by atoms with Crippen molar-refractivity contribution in [2.45, 2.75) is 19.3 Å². The molecule has 0 atom stereocenters. The van der Waals surface area contributed by atoms with E-state index in [1.165, 1.54) is 0 Å². The van der Waals surface area contributed by atoms with Crippen LogP contribution in [0.25, 0.3) is 0 Å². The monoisotopic (exact) mass is 268 g/mol. The normalized spacial score (nSPS) is 14.4. The average molecular weight is 268 g/mol. The Balaban J connectivity index is 1.61. The number of benzene rings is 1. The van der Waals surface area contributed by atoms with E-state index in [-0.39, 0.29) is 11.8 Å². The first-order valence-electron chi connectivity index (χ1n) is 6.80. The van der Waals surface area contributed by atoms with E-state index in [4.69, 9.17) is 4.74 Å². The number of hydrogen-bond donors (Lipinski definition) is 1. The molecular formula is C16H16N2O2. The van der Waals surface area contributed by atoms with Gasteiger partial charge in [0.1, 0.15) is 11.5 Å². The van der Waals surface area contributed by atoms with Crippen molar-refractivity contribution >= 4 is 11.6 Å². The molecule has 3 rings (SSSR count). The molecule has 0 spiro atoms. The topological polar surface area (TPSA) is 51.2 Å². The summed E-state index contributed by atoms with van der Waals surface area (Å²) in [4.78, 5) is 15.8. The van der Waals surface area contributed by atoms with E-state index in [9.17, 15) is 4.79 Å². The van der Waals surface area contributed by atoms with Gasteiger partial charge in [0.2, 0.25) is 5.91 Å². The Kier molecular flexibility index (Phi) is 3.63. The summed E-state index contributed by atoms with van der Waals surface area (Å²) in [7, 11) is 0. The molecule has 1 aliphatic rings. The van der Waals surface area contributed by atoms with Crippen LogP contribution < -0.4 is 10.1 Å². The summed E-state index contributed by atoms with van der Waals surface area (Å²) in [5.74, 6) is 1.80. The Bertz CT molecular complexity index is 577. The van der Waals surface area contributed by atoms with Crippen LogP contribution in [0.5, 0.6) is 11.5 Å². The Morgan fingerprint density at radius 2 is 1.70 bits per heavy atom. The van der Waals surface area contributed by atoms with Crippen LogP contribution in [0, 0.1) is 5.92 Å². The molecule has 0 radical (unpaired) electrons. The lowest BCUT2D eigenvalue weighted by atomic mass is 9.85. The van der Waals surface area contributed by atoms with E-state index in [1.54, 1.807) is 24.5 Å². The first kappa shape index (κ1) is 12.7. The maximum absolute atomic E-state index is 11.8. The quantitative estimate of drug-likeness (QED) is 0.921. The van der Waals surface area contributed by atoms with Gasteiger partial charge in [-0.25, -0.2) is 0 Å². The summed E-state index contributed by atoms with van der Waals surface area (Å²) in [6.45, 7) is 0. The lowest BCUT2D eigenvalue weighted by Crippen LogP contribution is -2.27. The van der Waals surface area contributed by atoms with Crippen molar-refractivity contribution in [3.63, 3.8) is 0 Å². The molecule has 1 aromatic carbocycles. The van der Waals surface area contributed by atoms with Gasteiger partial charge in [-0.2, -0.15) is 0 Å². The summed E-state index contributed by atoms with van der Waals surface area (Å²) in [5, 5.41) is 2.93. The van der Waals surface area contributed by atoms with Gasteiger partial charge in [0.25, 0.3) is 0 Å². The van der Waals surface area contributed by atoms with Crippen molar-refractivity contribution in [1.82, 2.24) is 4.98 Å². The number of aromatic nitrogens is 1. The van der Waals surface area contributed by atoms with E-state index in [2.05, 4.69) is 10.3 Å². The van der Waals surface area contributed by atoms with E-state index in [0.717, 1.165) is 36.4 Å². The minimum absolute atomic E-state index is 0.124. The van der Waals surface area contributed by atoms with Gasteiger partial charge in [0.05, 0.1) is 0 Å². The van der Waals surface area contributed by atoms with Gasteiger partial charge >= 0.3 is 0 Å². The van der Waals surface area contributed by atoms with Crippen molar-refractivity contribution in [3.05, 3.63) is 48.8 Å². The highest BCUT2D eigenvalue weighted by atomic mass is 16.5. The number of rotatable bonds is 4. The van der Waals surface area contributed by atoms with Crippen LogP contribution in [0.3, 0.4) is 0 Å². The van der Waals surface area contributed by atoms with Crippen molar-refractivity contribution in [3.8, 4) is 11.5 Å². The van der Waals surface area contributed by atoms with E-state index in [1.807, 2.05) is 24.3 Å². The van der Waals surface area contributed by atoms with Crippen molar-refractivity contribution in [1.29, 1.82) is 0 Å². The summed E-state index contributed by atoms with van der Waals surface area (Å²) < 4.78 is 5.67. The third-order valence-electron chi connectivity index (χ3n) is 3.48. The molecule has 4 nitrogen and oxygen atoms in total. The van der Waals surface area contributed by atoms with Crippen LogP contribution in [0.15, 0.2) is 48.8 Å². The van der Waals surface area contributed by atoms with Gasteiger partial charge in [-0.15, -0.1) is 0 Å². The van der Waals surface area contributed by atoms with Gasteiger partial charge < -0.3 is 10.1 Å². The Hall–Kier alpha value is -2.36. The largest absolute Gasteiger partial charge is 0.457 e. The van der Waals surface area contributed by atoms with Crippen LogP contribution >= 0.6 is 0 Å². The average Bonchev–Trinajstić information content (AvgIpc) is 2.40. The maximum Gasteiger partial charge on any atom is 0.227 e. The van der Waals surface area contributed by atoms with Crippen LogP contribution in [0.4, 0.5) is 5.69 Å². The van der Waals surface area contributed by atoms with Crippen molar-refractivity contribution in [2.75, 3.05) is 5.32 Å². The lowest BCUT2D eigenvalue weighted by molar-refractivity contribution is -0.122. The fourth-order valence-corrected chi connectivity index (χ4v) is 2.06. The summed E-state index contributed by atoms with van der Waals surface area (Å²) in [6, 6.07) is 11.0. The highest BCUT2D eigenvalue weighted by molar-refractivity contribution is 5.93. The predicted molar refractivity (Wildman–Crippen MR) is 76.7 cm³/mol. The van der Waals surface area contributed by atoms with E-state index < -0.39 is 0 Å². The first-order valence-corrected chi connectivity index (χ1v) is 6.80. The number of carbonyl (C=O) groups excluding carboxylic acids is 1. The SMILES string of the molecule is O=C(Nc1ccc(Oc2ccncc2)cc1)C1CCC1. The second-order valence-electron chi connectivity index (χ2n) is 4.93. The number of ether oxygens (including phenoxy) is 1. The Labute approximate surface area is 117 Å². The number of pyridine rings is 1. The number of carbonyl (C=O) groups is 1. The third kappa shape index (κ3) is 2.96. The zero-order chi connectivity index (χ0) is 13.8.